The molecule has 0 spiro atoms. The molecule has 12 heteroatoms. The van der Waals surface area contributed by atoms with Crippen molar-refractivity contribution >= 4 is 67.2 Å². The van der Waals surface area contributed by atoms with Gasteiger partial charge in [-0.1, -0.05) is 15.9 Å². The van der Waals surface area contributed by atoms with Gasteiger partial charge in [0.05, 0.1) is 17.8 Å². The largest absolute Gasteiger partial charge is 0.493 e. The number of anilines is 2. The van der Waals surface area contributed by atoms with Gasteiger partial charge in [-0.15, -0.1) is 0 Å². The van der Waals surface area contributed by atoms with Crippen molar-refractivity contribution in [2.45, 2.75) is 6.92 Å². The lowest BCUT2D eigenvalue weighted by Crippen LogP contribution is -2.32. The van der Waals surface area contributed by atoms with Crippen molar-refractivity contribution in [1.82, 2.24) is 5.43 Å². The van der Waals surface area contributed by atoms with E-state index >= 15 is 0 Å². The predicted molar refractivity (Wildman–Crippen MR) is 144 cm³/mol. The number of methoxy groups -OCH3 is 1. The fourth-order valence-corrected chi connectivity index (χ4v) is 3.77. The van der Waals surface area contributed by atoms with Crippen molar-refractivity contribution < 1.29 is 28.2 Å². The lowest BCUT2D eigenvalue weighted by Gasteiger charge is -2.14. The third kappa shape index (κ3) is 8.12. The van der Waals surface area contributed by atoms with Crippen LogP contribution in [0, 0.1) is 12.7 Å². The van der Waals surface area contributed by atoms with E-state index in [0.29, 0.717) is 27.2 Å². The van der Waals surface area contributed by atoms with E-state index in [1.807, 2.05) is 19.1 Å². The van der Waals surface area contributed by atoms with Crippen molar-refractivity contribution in [2.75, 3.05) is 24.4 Å². The maximum atomic E-state index is 12.9. The molecule has 9 nitrogen and oxygen atoms in total. The van der Waals surface area contributed by atoms with Gasteiger partial charge in [-0.25, -0.2) is 9.82 Å². The minimum absolute atomic E-state index is 0.260. The molecule has 3 amide bonds. The number of hydrazone groups is 1. The molecule has 0 bridgehead atoms. The molecule has 3 rings (SSSR count). The van der Waals surface area contributed by atoms with E-state index in [1.165, 1.54) is 25.5 Å². The van der Waals surface area contributed by atoms with E-state index in [0.717, 1.165) is 22.2 Å². The highest BCUT2D eigenvalue weighted by Crippen LogP contribution is 2.36. The van der Waals surface area contributed by atoms with E-state index in [-0.39, 0.29) is 18.2 Å². The molecule has 3 aromatic carbocycles. The zero-order valence-corrected chi connectivity index (χ0v) is 22.8. The Morgan fingerprint density at radius 1 is 0.946 bits per heavy atom. The molecule has 0 aliphatic carbocycles. The number of amides is 3. The van der Waals surface area contributed by atoms with Gasteiger partial charge >= 0.3 is 11.8 Å². The summed E-state index contributed by atoms with van der Waals surface area (Å²) in [6, 6.07) is 13.6. The number of nitrogens with zero attached hydrogens (tertiary/aromatic N) is 1. The van der Waals surface area contributed by atoms with Gasteiger partial charge in [0.2, 0.25) is 0 Å². The molecule has 37 heavy (non-hydrogen) atoms. The Bertz CT molecular complexity index is 1350. The van der Waals surface area contributed by atoms with Gasteiger partial charge in [0, 0.05) is 15.8 Å². The van der Waals surface area contributed by atoms with E-state index in [1.54, 1.807) is 18.2 Å². The second kappa shape index (κ2) is 13.0. The number of hydrogen-bond donors (Lipinski definition) is 3. The first kappa shape index (κ1) is 27.8. The van der Waals surface area contributed by atoms with Gasteiger partial charge < -0.3 is 20.1 Å². The quantitative estimate of drug-likeness (QED) is 0.187. The smallest absolute Gasteiger partial charge is 0.329 e. The fourth-order valence-electron chi connectivity index (χ4n) is 2.95. The van der Waals surface area contributed by atoms with Gasteiger partial charge in [-0.3, -0.25) is 14.4 Å². The summed E-state index contributed by atoms with van der Waals surface area (Å²) in [6.45, 7) is 1.65. The second-order valence-corrected chi connectivity index (χ2v) is 9.20. The van der Waals surface area contributed by atoms with Crippen molar-refractivity contribution in [2.24, 2.45) is 5.10 Å². The lowest BCUT2D eigenvalue weighted by atomic mass is 10.2. The Balaban J connectivity index is 1.58. The first-order valence-electron chi connectivity index (χ1n) is 10.6. The maximum Gasteiger partial charge on any atom is 0.329 e. The third-order valence-electron chi connectivity index (χ3n) is 4.73. The highest BCUT2D eigenvalue weighted by molar-refractivity contribution is 9.10. The number of halogens is 3. The van der Waals surface area contributed by atoms with Crippen LogP contribution in [0.25, 0.3) is 0 Å². The van der Waals surface area contributed by atoms with Crippen LogP contribution in [0.1, 0.15) is 11.1 Å². The Hall–Kier alpha value is -3.77. The standard InChI is InChI=1S/C25H21Br2FN4O5/c1-14-9-18(7-8-19(14)26)30-22(33)13-37-23-20(27)10-15(11-21(23)36-2)12-29-32-25(35)24(34)31-17-5-3-16(28)4-6-17/h3-12H,13H2,1-2H3,(H,30,33)(H,31,34)(H,32,35)/b29-12-. The molecule has 0 saturated heterocycles. The summed E-state index contributed by atoms with van der Waals surface area (Å²) in [4.78, 5) is 36.2. The fraction of sp³-hybridized carbons (Fsp3) is 0.120. The van der Waals surface area contributed by atoms with Crippen LogP contribution in [-0.4, -0.2) is 37.7 Å². The van der Waals surface area contributed by atoms with Crippen LogP contribution in [0.4, 0.5) is 15.8 Å². The van der Waals surface area contributed by atoms with E-state index in [9.17, 15) is 18.8 Å². The van der Waals surface area contributed by atoms with Gasteiger partial charge in [0.15, 0.2) is 18.1 Å². The first-order chi connectivity index (χ1) is 17.7. The molecule has 0 saturated carbocycles. The summed E-state index contributed by atoms with van der Waals surface area (Å²) in [5.41, 5.74) is 4.49. The topological polar surface area (TPSA) is 118 Å². The van der Waals surface area contributed by atoms with Crippen LogP contribution in [0.5, 0.6) is 11.5 Å². The van der Waals surface area contributed by atoms with Crippen LogP contribution in [-0.2, 0) is 14.4 Å². The molecule has 192 valence electrons. The first-order valence-corrected chi connectivity index (χ1v) is 12.2. The number of ether oxygens (including phenoxy) is 2. The van der Waals surface area contributed by atoms with Gasteiger partial charge in [-0.2, -0.15) is 5.10 Å². The minimum atomic E-state index is -1.02. The Labute approximate surface area is 228 Å². The molecule has 3 aromatic rings. The summed E-state index contributed by atoms with van der Waals surface area (Å²) < 4.78 is 25.4. The molecule has 3 N–H and O–H groups in total. The lowest BCUT2D eigenvalue weighted by molar-refractivity contribution is -0.136. The third-order valence-corrected chi connectivity index (χ3v) is 6.21. The van der Waals surface area contributed by atoms with Crippen LogP contribution in [0.15, 0.2) is 68.6 Å². The Morgan fingerprint density at radius 3 is 2.32 bits per heavy atom. The SMILES string of the molecule is COc1cc(/C=N\NC(=O)C(=O)Nc2ccc(F)cc2)cc(Br)c1OCC(=O)Nc1ccc(Br)c(C)c1. The molecule has 0 aromatic heterocycles. The second-order valence-electron chi connectivity index (χ2n) is 7.50. The van der Waals surface area contributed by atoms with Crippen molar-refractivity contribution in [1.29, 1.82) is 0 Å². The summed E-state index contributed by atoms with van der Waals surface area (Å²) in [7, 11) is 1.43. The summed E-state index contributed by atoms with van der Waals surface area (Å²) in [5, 5.41) is 8.86. The van der Waals surface area contributed by atoms with Gasteiger partial charge in [-0.05, 0) is 88.6 Å². The average Bonchev–Trinajstić information content (AvgIpc) is 2.86. The van der Waals surface area contributed by atoms with Gasteiger partial charge in [0.25, 0.3) is 5.91 Å². The zero-order chi connectivity index (χ0) is 26.9. The van der Waals surface area contributed by atoms with E-state index < -0.39 is 17.6 Å². The molecule has 0 aliphatic heterocycles. The predicted octanol–water partition coefficient (Wildman–Crippen LogP) is 4.77. The molecule has 0 fully saturated rings. The van der Waals surface area contributed by atoms with Crippen LogP contribution in [0.2, 0.25) is 0 Å². The molecule has 0 aliphatic rings. The van der Waals surface area contributed by atoms with Crippen LogP contribution >= 0.6 is 31.9 Å². The van der Waals surface area contributed by atoms with Crippen LogP contribution in [0.3, 0.4) is 0 Å². The van der Waals surface area contributed by atoms with Crippen molar-refractivity contribution in [3.63, 3.8) is 0 Å². The number of carbonyl (C=O) groups excluding carboxylic acids is 3. The summed E-state index contributed by atoms with van der Waals surface area (Å²) in [6.07, 6.45) is 1.29. The summed E-state index contributed by atoms with van der Waals surface area (Å²) in [5.74, 6) is -2.21. The summed E-state index contributed by atoms with van der Waals surface area (Å²) >= 11 is 6.79. The molecule has 0 heterocycles. The highest BCUT2D eigenvalue weighted by atomic mass is 79.9. The van der Waals surface area contributed by atoms with Crippen LogP contribution < -0.4 is 25.5 Å². The van der Waals surface area contributed by atoms with Crippen molar-refractivity contribution in [3.8, 4) is 11.5 Å². The minimum Gasteiger partial charge on any atom is -0.493 e. The number of aryl methyl sites for hydroxylation is 1. The monoisotopic (exact) mass is 634 g/mol. The maximum absolute atomic E-state index is 12.9. The zero-order valence-electron chi connectivity index (χ0n) is 19.6. The molecular weight excluding hydrogens is 615 g/mol. The molecule has 0 atom stereocenters. The Kier molecular flexibility index (Phi) is 9.75. The van der Waals surface area contributed by atoms with E-state index in [2.05, 4.69) is 53.0 Å². The molecule has 0 radical (unpaired) electrons. The number of benzene rings is 3. The number of carbonyl (C=O) groups is 3. The number of rotatable bonds is 8. The van der Waals surface area contributed by atoms with Gasteiger partial charge in [0.1, 0.15) is 5.82 Å². The normalized spacial score (nSPS) is 10.6. The van der Waals surface area contributed by atoms with E-state index in [4.69, 9.17) is 9.47 Å². The Morgan fingerprint density at radius 2 is 1.65 bits per heavy atom. The molecule has 0 unspecified atom stereocenters. The average molecular weight is 636 g/mol. The molecular formula is C25H21Br2FN4O5. The number of hydrogen-bond acceptors (Lipinski definition) is 6. The number of nitrogens with one attached hydrogen (secondary N) is 3. The van der Waals surface area contributed by atoms with Crippen molar-refractivity contribution in [3.05, 3.63) is 80.5 Å². The highest BCUT2D eigenvalue weighted by Gasteiger charge is 2.15.